The Hall–Kier alpha value is -1.86. The molecule has 1 unspecified atom stereocenters. The highest BCUT2D eigenvalue weighted by Crippen LogP contribution is 2.32. The van der Waals surface area contributed by atoms with Crippen LogP contribution in [-0.2, 0) is 16.0 Å². The number of rotatable bonds is 7. The molecule has 3 rings (SSSR count). The molecule has 0 radical (unpaired) electrons. The van der Waals surface area contributed by atoms with Crippen molar-refractivity contribution in [2.24, 2.45) is 5.18 Å². The number of benzene rings is 1. The molecular formula is C20H28FN3O3. The molecule has 1 aliphatic carbocycles. The van der Waals surface area contributed by atoms with Crippen LogP contribution in [0.4, 0.5) is 4.39 Å². The number of hydrogen-bond donors (Lipinski definition) is 1. The number of halogens is 1. The van der Waals surface area contributed by atoms with Gasteiger partial charge in [0, 0.05) is 20.2 Å². The zero-order valence-corrected chi connectivity index (χ0v) is 15.9. The van der Waals surface area contributed by atoms with E-state index < -0.39 is 5.54 Å². The van der Waals surface area contributed by atoms with Crippen molar-refractivity contribution >= 4 is 5.91 Å². The summed E-state index contributed by atoms with van der Waals surface area (Å²) in [6.07, 6.45) is 5.40. The zero-order chi connectivity index (χ0) is 19.3. The van der Waals surface area contributed by atoms with E-state index in [2.05, 4.69) is 10.5 Å². The molecule has 27 heavy (non-hydrogen) atoms. The van der Waals surface area contributed by atoms with Gasteiger partial charge in [0.25, 0.3) is 0 Å². The summed E-state index contributed by atoms with van der Waals surface area (Å²) < 4.78 is 19.0. The van der Waals surface area contributed by atoms with E-state index in [9.17, 15) is 14.1 Å². The molecule has 1 amide bonds. The number of carbonyl (C=O) groups is 1. The van der Waals surface area contributed by atoms with Gasteiger partial charge in [0.1, 0.15) is 11.4 Å². The van der Waals surface area contributed by atoms with Crippen LogP contribution in [0.3, 0.4) is 0 Å². The molecule has 1 aromatic rings. The number of carbonyl (C=O) groups excluding carboxylic acids is 1. The molecule has 7 heteroatoms. The Morgan fingerprint density at radius 1 is 1.37 bits per heavy atom. The van der Waals surface area contributed by atoms with Gasteiger partial charge < -0.3 is 15.0 Å². The summed E-state index contributed by atoms with van der Waals surface area (Å²) in [7, 11) is 1.58. The van der Waals surface area contributed by atoms with Crippen LogP contribution in [-0.4, -0.2) is 49.7 Å². The van der Waals surface area contributed by atoms with Gasteiger partial charge in [0.2, 0.25) is 5.91 Å². The number of methoxy groups -OCH3 is 1. The van der Waals surface area contributed by atoms with Crippen LogP contribution in [0.25, 0.3) is 0 Å². The summed E-state index contributed by atoms with van der Waals surface area (Å²) in [5, 5.41) is 6.52. The topological polar surface area (TPSA) is 71.0 Å². The van der Waals surface area contributed by atoms with E-state index in [-0.39, 0.29) is 24.3 Å². The highest BCUT2D eigenvalue weighted by atomic mass is 19.1. The number of amides is 1. The zero-order valence-electron chi connectivity index (χ0n) is 15.9. The Balaban J connectivity index is 1.64. The smallest absolute Gasteiger partial charge is 0.237 e. The third kappa shape index (κ3) is 4.52. The lowest BCUT2D eigenvalue weighted by atomic mass is 9.82. The first kappa shape index (κ1) is 19.9. The maximum Gasteiger partial charge on any atom is 0.237 e. The number of fused-ring (bicyclic) bond motifs is 1. The Kier molecular flexibility index (Phi) is 6.55. The second kappa shape index (κ2) is 8.89. The molecule has 0 spiro atoms. The van der Waals surface area contributed by atoms with Crippen molar-refractivity contribution in [3.8, 4) is 0 Å². The lowest BCUT2D eigenvalue weighted by molar-refractivity contribution is -0.134. The average Bonchev–Trinajstić information content (AvgIpc) is 2.69. The van der Waals surface area contributed by atoms with E-state index in [4.69, 9.17) is 4.74 Å². The first-order valence-corrected chi connectivity index (χ1v) is 9.70. The first-order valence-electron chi connectivity index (χ1n) is 9.70. The van der Waals surface area contributed by atoms with E-state index in [0.29, 0.717) is 26.1 Å². The van der Waals surface area contributed by atoms with Crippen molar-refractivity contribution in [1.29, 1.82) is 0 Å². The third-order valence-corrected chi connectivity index (χ3v) is 5.82. The van der Waals surface area contributed by atoms with Crippen molar-refractivity contribution in [2.75, 3.05) is 33.4 Å². The predicted octanol–water partition coefficient (Wildman–Crippen LogP) is 2.96. The molecule has 1 heterocycles. The van der Waals surface area contributed by atoms with Gasteiger partial charge in [-0.2, -0.15) is 4.91 Å². The Morgan fingerprint density at radius 3 is 2.85 bits per heavy atom. The minimum atomic E-state index is -0.581. The van der Waals surface area contributed by atoms with Gasteiger partial charge in [-0.05, 0) is 42.5 Å². The highest BCUT2D eigenvalue weighted by molar-refractivity contribution is 5.79. The molecule has 1 N–H and O–H groups in total. The number of nitrogens with one attached hydrogen (secondary N) is 1. The average molecular weight is 377 g/mol. The highest BCUT2D eigenvalue weighted by Gasteiger charge is 2.34. The summed E-state index contributed by atoms with van der Waals surface area (Å²) in [6, 6.07) is 4.45. The molecule has 2 aliphatic rings. The summed E-state index contributed by atoms with van der Waals surface area (Å²) in [5.41, 5.74) is 1.29. The predicted molar refractivity (Wildman–Crippen MR) is 101 cm³/mol. The van der Waals surface area contributed by atoms with Crippen molar-refractivity contribution in [3.05, 3.63) is 40.1 Å². The normalized spacial score (nSPS) is 21.6. The molecule has 0 bridgehead atoms. The van der Waals surface area contributed by atoms with Gasteiger partial charge in [0.15, 0.2) is 0 Å². The molecular weight excluding hydrogens is 349 g/mol. The standard InChI is InChI=1S/C20H28FN3O3/c1-27-13-18-17-11-16(21)6-5-15(17)7-10-24(18)19(25)12-22-14-20(23-26)8-3-2-4-9-20/h5-6,11,18,22H,2-4,7-10,12-14H2,1H3. The molecule has 1 saturated carbocycles. The summed E-state index contributed by atoms with van der Waals surface area (Å²) in [6.45, 7) is 1.46. The van der Waals surface area contributed by atoms with Crippen LogP contribution in [0.5, 0.6) is 0 Å². The maximum absolute atomic E-state index is 13.7. The van der Waals surface area contributed by atoms with Gasteiger partial charge in [0.05, 0.1) is 19.2 Å². The van der Waals surface area contributed by atoms with Crippen LogP contribution < -0.4 is 5.32 Å². The van der Waals surface area contributed by atoms with E-state index in [1.807, 2.05) is 0 Å². The fraction of sp³-hybridized carbons (Fsp3) is 0.650. The van der Waals surface area contributed by atoms with Crippen LogP contribution in [0.15, 0.2) is 23.4 Å². The van der Waals surface area contributed by atoms with Crippen molar-refractivity contribution < 1.29 is 13.9 Å². The van der Waals surface area contributed by atoms with E-state index >= 15 is 0 Å². The second-order valence-electron chi connectivity index (χ2n) is 7.63. The van der Waals surface area contributed by atoms with Crippen LogP contribution in [0.2, 0.25) is 0 Å². The van der Waals surface area contributed by atoms with E-state index in [1.54, 1.807) is 18.1 Å². The Morgan fingerprint density at radius 2 is 2.15 bits per heavy atom. The molecule has 148 valence electrons. The largest absolute Gasteiger partial charge is 0.382 e. The molecule has 1 aliphatic heterocycles. The van der Waals surface area contributed by atoms with Gasteiger partial charge >= 0.3 is 0 Å². The molecule has 0 saturated heterocycles. The van der Waals surface area contributed by atoms with Crippen LogP contribution in [0, 0.1) is 10.7 Å². The van der Waals surface area contributed by atoms with Crippen molar-refractivity contribution in [1.82, 2.24) is 10.2 Å². The van der Waals surface area contributed by atoms with Gasteiger partial charge in [-0.15, -0.1) is 0 Å². The Bertz CT molecular complexity index is 676. The quantitative estimate of drug-likeness (QED) is 0.742. The first-order chi connectivity index (χ1) is 13.1. The van der Waals surface area contributed by atoms with Gasteiger partial charge in [-0.3, -0.25) is 4.79 Å². The number of ether oxygens (including phenoxy) is 1. The minimum absolute atomic E-state index is 0.0659. The number of nitrogens with zero attached hydrogens (tertiary/aromatic N) is 2. The van der Waals surface area contributed by atoms with Crippen molar-refractivity contribution in [2.45, 2.75) is 50.1 Å². The van der Waals surface area contributed by atoms with Crippen LogP contribution >= 0.6 is 0 Å². The monoisotopic (exact) mass is 377 g/mol. The third-order valence-electron chi connectivity index (χ3n) is 5.82. The van der Waals surface area contributed by atoms with E-state index in [0.717, 1.165) is 43.2 Å². The molecule has 1 aromatic carbocycles. The SMILES string of the molecule is COCC1c2cc(F)ccc2CCN1C(=O)CNCC1(N=O)CCCCC1. The molecule has 0 aromatic heterocycles. The minimum Gasteiger partial charge on any atom is -0.382 e. The van der Waals surface area contributed by atoms with Crippen molar-refractivity contribution in [3.63, 3.8) is 0 Å². The van der Waals surface area contributed by atoms with Gasteiger partial charge in [-0.25, -0.2) is 4.39 Å². The number of hydrogen-bond acceptors (Lipinski definition) is 5. The summed E-state index contributed by atoms with van der Waals surface area (Å²) >= 11 is 0. The summed E-state index contributed by atoms with van der Waals surface area (Å²) in [4.78, 5) is 25.9. The lowest BCUT2D eigenvalue weighted by Crippen LogP contribution is -2.48. The maximum atomic E-state index is 13.7. The number of nitroso groups, excluding NO2 is 1. The molecule has 1 fully saturated rings. The van der Waals surface area contributed by atoms with Gasteiger partial charge in [-0.1, -0.05) is 30.5 Å². The molecule has 6 nitrogen and oxygen atoms in total. The fourth-order valence-corrected chi connectivity index (χ4v) is 4.32. The fourth-order valence-electron chi connectivity index (χ4n) is 4.32. The molecule has 1 atom stereocenters. The second-order valence-corrected chi connectivity index (χ2v) is 7.63. The summed E-state index contributed by atoms with van der Waals surface area (Å²) in [5.74, 6) is -0.373. The lowest BCUT2D eigenvalue weighted by Gasteiger charge is -2.37. The van der Waals surface area contributed by atoms with E-state index in [1.165, 1.54) is 12.1 Å². The van der Waals surface area contributed by atoms with Crippen LogP contribution in [0.1, 0.15) is 49.3 Å². The Labute approximate surface area is 159 Å².